The summed E-state index contributed by atoms with van der Waals surface area (Å²) < 4.78 is 46.1. The zero-order valence-electron chi connectivity index (χ0n) is 22.5. The maximum absolute atomic E-state index is 15.1. The summed E-state index contributed by atoms with van der Waals surface area (Å²) in [6.07, 6.45) is 3.07. The number of pyridine rings is 3. The lowest BCUT2D eigenvalue weighted by atomic mass is 10.1. The van der Waals surface area contributed by atoms with E-state index in [9.17, 15) is 14.0 Å². The number of fused-ring (bicyclic) bond motifs is 1. The Labute approximate surface area is 233 Å². The molecule has 41 heavy (non-hydrogen) atoms. The molecular formula is C30H24F2N4O5. The van der Waals surface area contributed by atoms with Crippen molar-refractivity contribution in [3.05, 3.63) is 106 Å². The first kappa shape index (κ1) is 27.3. The Kier molecular flexibility index (Phi) is 7.34. The maximum atomic E-state index is 15.1. The van der Waals surface area contributed by atoms with Crippen molar-refractivity contribution in [2.24, 2.45) is 0 Å². The number of halogens is 2. The first-order chi connectivity index (χ1) is 19.7. The summed E-state index contributed by atoms with van der Waals surface area (Å²) in [4.78, 5) is 35.1. The fourth-order valence-electron chi connectivity index (χ4n) is 4.25. The second-order valence-corrected chi connectivity index (χ2v) is 9.04. The molecule has 0 aliphatic heterocycles. The van der Waals surface area contributed by atoms with Gasteiger partial charge in [-0.25, -0.2) is 13.8 Å². The summed E-state index contributed by atoms with van der Waals surface area (Å²) in [7, 11) is 2.92. The van der Waals surface area contributed by atoms with Crippen LogP contribution in [-0.4, -0.2) is 34.7 Å². The van der Waals surface area contributed by atoms with E-state index < -0.39 is 23.1 Å². The molecule has 0 aliphatic rings. The van der Waals surface area contributed by atoms with Crippen LogP contribution >= 0.6 is 0 Å². The van der Waals surface area contributed by atoms with Gasteiger partial charge in [-0.15, -0.1) is 0 Å². The molecule has 0 saturated carbocycles. The number of aryl methyl sites for hydroxylation is 1. The van der Waals surface area contributed by atoms with Crippen LogP contribution < -0.4 is 25.1 Å². The van der Waals surface area contributed by atoms with Gasteiger partial charge in [0.1, 0.15) is 16.9 Å². The molecule has 5 aromatic rings. The lowest BCUT2D eigenvalue weighted by Gasteiger charge is -2.15. The minimum atomic E-state index is -0.766. The normalized spacial score (nSPS) is 10.9. The Bertz CT molecular complexity index is 1860. The van der Waals surface area contributed by atoms with Crippen LogP contribution in [0.4, 0.5) is 14.5 Å². The van der Waals surface area contributed by atoms with Crippen LogP contribution in [0.1, 0.15) is 21.5 Å². The van der Waals surface area contributed by atoms with Gasteiger partial charge in [-0.2, -0.15) is 0 Å². The number of rotatable bonds is 7. The number of anilines is 1. The van der Waals surface area contributed by atoms with Crippen molar-refractivity contribution in [2.45, 2.75) is 13.8 Å². The van der Waals surface area contributed by atoms with E-state index in [1.807, 2.05) is 0 Å². The van der Waals surface area contributed by atoms with E-state index in [0.29, 0.717) is 33.6 Å². The Morgan fingerprint density at radius 3 is 2.37 bits per heavy atom. The summed E-state index contributed by atoms with van der Waals surface area (Å²) >= 11 is 0. The van der Waals surface area contributed by atoms with Crippen LogP contribution in [0.5, 0.6) is 23.1 Å². The molecule has 5 rings (SSSR count). The zero-order chi connectivity index (χ0) is 29.3. The summed E-state index contributed by atoms with van der Waals surface area (Å²) in [5.74, 6) is -1.25. The third-order valence-electron chi connectivity index (χ3n) is 6.48. The van der Waals surface area contributed by atoms with Gasteiger partial charge in [0, 0.05) is 42.0 Å². The smallest absolute Gasteiger partial charge is 0.268 e. The highest BCUT2D eigenvalue weighted by molar-refractivity contribution is 6.05. The molecule has 208 valence electrons. The molecule has 1 N–H and O–H groups in total. The minimum absolute atomic E-state index is 0.109. The first-order valence-electron chi connectivity index (χ1n) is 12.4. The molecule has 3 heterocycles. The lowest BCUT2D eigenvalue weighted by molar-refractivity contribution is 0.102. The van der Waals surface area contributed by atoms with Gasteiger partial charge in [0.2, 0.25) is 0 Å². The van der Waals surface area contributed by atoms with Crippen molar-refractivity contribution < 1.29 is 27.8 Å². The number of benzene rings is 2. The average Bonchev–Trinajstić information content (AvgIpc) is 2.96. The van der Waals surface area contributed by atoms with Crippen LogP contribution in [0.15, 0.2) is 71.8 Å². The molecule has 9 nitrogen and oxygen atoms in total. The van der Waals surface area contributed by atoms with Gasteiger partial charge in [0.05, 0.1) is 19.7 Å². The highest BCUT2D eigenvalue weighted by atomic mass is 19.1. The standard InChI is InChI=1S/C30H24F2N4O5/c1-16-15-36(20-8-5-18(31)6-9-20)30(38)26(17(16)2)28(37)34-19-7-10-23(21(32)13-19)41-24-11-12-33-22-14-25(39-3)29(40-4)35-27(22)24/h5-15H,1-4H3,(H,34,37). The van der Waals surface area contributed by atoms with Crippen LogP contribution in [0.3, 0.4) is 0 Å². The molecule has 0 saturated heterocycles. The fourth-order valence-corrected chi connectivity index (χ4v) is 4.25. The van der Waals surface area contributed by atoms with Crippen LogP contribution in [0.2, 0.25) is 0 Å². The molecule has 11 heteroatoms. The van der Waals surface area contributed by atoms with Gasteiger partial charge in [0.15, 0.2) is 23.1 Å². The molecule has 2 aromatic carbocycles. The third kappa shape index (κ3) is 5.29. The maximum Gasteiger partial charge on any atom is 0.268 e. The number of hydrogen-bond acceptors (Lipinski definition) is 7. The van der Waals surface area contributed by atoms with Crippen molar-refractivity contribution in [1.82, 2.24) is 14.5 Å². The molecule has 0 radical (unpaired) electrons. The zero-order valence-corrected chi connectivity index (χ0v) is 22.5. The number of aromatic nitrogens is 3. The Morgan fingerprint density at radius 1 is 0.927 bits per heavy atom. The Balaban J connectivity index is 1.43. The molecular weight excluding hydrogens is 534 g/mol. The van der Waals surface area contributed by atoms with Crippen molar-refractivity contribution in [3.63, 3.8) is 0 Å². The lowest BCUT2D eigenvalue weighted by Crippen LogP contribution is -2.30. The van der Waals surface area contributed by atoms with Crippen molar-refractivity contribution in [2.75, 3.05) is 19.5 Å². The SMILES string of the molecule is COc1cc2nccc(Oc3ccc(NC(=O)c4c(C)c(C)cn(-c5ccc(F)cc5)c4=O)cc3F)c2nc1OC. The van der Waals surface area contributed by atoms with E-state index in [-0.39, 0.29) is 28.6 Å². The number of carbonyl (C=O) groups excluding carboxylic acids is 1. The molecule has 1 amide bonds. The van der Waals surface area contributed by atoms with Gasteiger partial charge in [-0.1, -0.05) is 0 Å². The predicted octanol–water partition coefficient (Wildman–Crippen LogP) is 5.74. The second-order valence-electron chi connectivity index (χ2n) is 9.04. The van der Waals surface area contributed by atoms with Crippen LogP contribution in [0.25, 0.3) is 16.7 Å². The second kappa shape index (κ2) is 11.0. The molecule has 0 atom stereocenters. The van der Waals surface area contributed by atoms with E-state index >= 15 is 4.39 Å². The molecule has 3 aromatic heterocycles. The van der Waals surface area contributed by atoms with Gasteiger partial charge < -0.3 is 19.5 Å². The number of ether oxygens (including phenoxy) is 3. The Hall–Kier alpha value is -5.32. The topological polar surface area (TPSA) is 105 Å². The van der Waals surface area contributed by atoms with Crippen LogP contribution in [-0.2, 0) is 0 Å². The first-order valence-corrected chi connectivity index (χ1v) is 12.4. The van der Waals surface area contributed by atoms with Gasteiger partial charge in [-0.05, 0) is 61.4 Å². The molecule has 0 spiro atoms. The predicted molar refractivity (Wildman–Crippen MR) is 149 cm³/mol. The van der Waals surface area contributed by atoms with E-state index in [0.717, 1.165) is 6.07 Å². The summed E-state index contributed by atoms with van der Waals surface area (Å²) in [5, 5.41) is 2.58. The average molecular weight is 559 g/mol. The summed E-state index contributed by atoms with van der Waals surface area (Å²) in [5.41, 5.74) is 1.71. The fraction of sp³-hybridized carbons (Fsp3) is 0.133. The summed E-state index contributed by atoms with van der Waals surface area (Å²) in [6.45, 7) is 3.40. The van der Waals surface area contributed by atoms with Crippen molar-refractivity contribution in [3.8, 4) is 28.8 Å². The number of nitrogens with zero attached hydrogens (tertiary/aromatic N) is 3. The van der Waals surface area contributed by atoms with Gasteiger partial charge in [-0.3, -0.25) is 19.1 Å². The number of amides is 1. The quantitative estimate of drug-likeness (QED) is 0.272. The van der Waals surface area contributed by atoms with Crippen molar-refractivity contribution in [1.29, 1.82) is 0 Å². The molecule has 0 fully saturated rings. The highest BCUT2D eigenvalue weighted by Gasteiger charge is 2.20. The molecule has 0 aliphatic carbocycles. The highest BCUT2D eigenvalue weighted by Crippen LogP contribution is 2.35. The number of nitrogens with one attached hydrogen (secondary N) is 1. The number of methoxy groups -OCH3 is 2. The van der Waals surface area contributed by atoms with Gasteiger partial charge in [0.25, 0.3) is 17.3 Å². The number of carbonyl (C=O) groups is 1. The molecule has 0 unspecified atom stereocenters. The van der Waals surface area contributed by atoms with E-state index in [1.54, 1.807) is 26.1 Å². The molecule has 0 bridgehead atoms. The van der Waals surface area contributed by atoms with Crippen LogP contribution in [0, 0.1) is 25.5 Å². The monoisotopic (exact) mass is 558 g/mol. The van der Waals surface area contributed by atoms with E-state index in [4.69, 9.17) is 14.2 Å². The van der Waals surface area contributed by atoms with E-state index in [1.165, 1.54) is 67.4 Å². The Morgan fingerprint density at radius 2 is 1.68 bits per heavy atom. The van der Waals surface area contributed by atoms with E-state index in [2.05, 4.69) is 15.3 Å². The van der Waals surface area contributed by atoms with Crippen molar-refractivity contribution >= 4 is 22.6 Å². The third-order valence-corrected chi connectivity index (χ3v) is 6.48. The largest absolute Gasteiger partial charge is 0.491 e. The number of hydrogen-bond donors (Lipinski definition) is 1. The summed E-state index contributed by atoms with van der Waals surface area (Å²) in [6, 6.07) is 12.4. The van der Waals surface area contributed by atoms with Gasteiger partial charge >= 0.3 is 0 Å². The minimum Gasteiger partial charge on any atom is -0.491 e.